The molecule has 107 heavy (non-hydrogen) atoms. The summed E-state index contributed by atoms with van der Waals surface area (Å²) in [5, 5.41) is 13.4. The van der Waals surface area contributed by atoms with E-state index >= 15 is 0 Å². The molecule has 6 aromatic rings. The smallest absolute Gasteiger partial charge is 0.328 e. The number of aryl methyl sites for hydroxylation is 1. The maximum atomic E-state index is 13.5. The van der Waals surface area contributed by atoms with Gasteiger partial charge < -0.3 is 50.3 Å². The molecule has 5 aromatic carbocycles. The topological polar surface area (TPSA) is 290 Å². The number of carbonyl (C=O) groups excluding carboxylic acids is 10. The summed E-state index contributed by atoms with van der Waals surface area (Å²) in [4.78, 5) is 124. The highest BCUT2D eigenvalue weighted by molar-refractivity contribution is 7.16. The number of hydrogen-bond donors (Lipinski definition) is 5. The zero-order valence-electron chi connectivity index (χ0n) is 65.0. The molecular weight excluding hydrogens is 1400 g/mol. The minimum Gasteiger partial charge on any atom is -0.464 e. The zero-order chi connectivity index (χ0) is 80.1. The van der Waals surface area contributed by atoms with Crippen molar-refractivity contribution in [1.29, 1.82) is 0 Å². The van der Waals surface area contributed by atoms with E-state index in [1.807, 2.05) is 132 Å². The summed E-state index contributed by atoms with van der Waals surface area (Å²) in [5.41, 5.74) is 7.10. The van der Waals surface area contributed by atoms with Crippen molar-refractivity contribution in [2.24, 2.45) is 29.6 Å². The molecule has 21 nitrogen and oxygen atoms in total. The molecular formula is C82H113F3N6O15S. The normalized spacial score (nSPS) is 12.1. The van der Waals surface area contributed by atoms with Crippen molar-refractivity contribution in [3.05, 3.63) is 172 Å². The Morgan fingerprint density at radius 1 is 0.364 bits per heavy atom. The second-order valence-electron chi connectivity index (χ2n) is 27.5. The lowest BCUT2D eigenvalue weighted by atomic mass is 10.1. The molecule has 1 aromatic heterocycles. The number of carbonyl (C=O) groups is 10. The number of nitrogens with zero attached hydrogens (tertiary/aromatic N) is 1. The zero-order valence-corrected chi connectivity index (χ0v) is 65.9. The molecule has 0 saturated heterocycles. The van der Waals surface area contributed by atoms with Crippen molar-refractivity contribution >= 4 is 80.9 Å². The predicted molar refractivity (Wildman–Crippen MR) is 409 cm³/mol. The number of hydrogen-bond acceptors (Lipinski definition) is 17. The van der Waals surface area contributed by atoms with Gasteiger partial charge in [-0.15, -0.1) is 11.3 Å². The van der Waals surface area contributed by atoms with Gasteiger partial charge in [-0.25, -0.2) is 42.1 Å². The van der Waals surface area contributed by atoms with Crippen LogP contribution in [0.25, 0.3) is 10.2 Å². The minimum absolute atomic E-state index is 0.0335. The molecule has 0 aliphatic heterocycles. The number of benzene rings is 5. The third-order valence-corrected chi connectivity index (χ3v) is 16.0. The Labute approximate surface area is 633 Å². The van der Waals surface area contributed by atoms with Crippen LogP contribution in [0.4, 0.5) is 13.2 Å². The monoisotopic (exact) mass is 1510 g/mol. The Morgan fingerprint density at radius 3 is 1.06 bits per heavy atom. The van der Waals surface area contributed by atoms with Gasteiger partial charge in [-0.2, -0.15) is 0 Å². The molecule has 0 spiro atoms. The highest BCUT2D eigenvalue weighted by atomic mass is 32.1. The van der Waals surface area contributed by atoms with E-state index in [0.717, 1.165) is 26.9 Å². The Hall–Kier alpha value is -9.52. The summed E-state index contributed by atoms with van der Waals surface area (Å²) in [5.74, 6) is -3.25. The Morgan fingerprint density at radius 2 is 0.692 bits per heavy atom. The van der Waals surface area contributed by atoms with E-state index < -0.39 is 59.8 Å². The van der Waals surface area contributed by atoms with Crippen LogP contribution >= 0.6 is 11.3 Å². The van der Waals surface area contributed by atoms with Crippen molar-refractivity contribution in [3.63, 3.8) is 0 Å². The summed E-state index contributed by atoms with van der Waals surface area (Å²) >= 11 is 1.54. The first-order valence-corrected chi connectivity index (χ1v) is 37.5. The van der Waals surface area contributed by atoms with Crippen molar-refractivity contribution < 1.29 is 84.8 Å². The molecule has 0 aliphatic rings. The van der Waals surface area contributed by atoms with Gasteiger partial charge in [-0.1, -0.05) is 183 Å². The average Bonchev–Trinajstić information content (AvgIpc) is 1.72. The second kappa shape index (κ2) is 51.7. The van der Waals surface area contributed by atoms with Crippen molar-refractivity contribution in [1.82, 2.24) is 31.6 Å². The molecule has 25 heteroatoms. The standard InChI is InChI=1S/C17H22N2O3S.C17H25NO3.3C16H22FNO3/c1-4-13(17(21)22-9-11(2)3)19-15(20)8-12-6-5-7-14-16(12)18-10-23-14;1-5-15(17(20)21-11-12(2)3)18-16(19)10-14-9-7-6-8-13(14)4;1-4-14(16(20)21-10-11(2)3)18-15(19)9-12-5-7-13(17)8-6-12;1-4-14(16(20)21-10-11(2)3)18-15(19)9-12-6-5-7-13(17)8-12;1-4-14(16(20)21-10-11(2)3)18-15(19)9-12-7-5-6-8-13(12)17/h5-7,10-11,13H,4,8-9H2,1-3H3,(H,19,20);6-9,12,15H,5,10-11H2,1-4H3,(H,18,19);3*5-8,11,14H,4,9-10H2,1-3H3,(H,18,19). The Balaban J connectivity index is 0.000000454. The number of halogens is 3. The Kier molecular flexibility index (Phi) is 45.2. The van der Waals surface area contributed by atoms with Crippen LogP contribution in [0.2, 0.25) is 0 Å². The number of rotatable bonds is 35. The van der Waals surface area contributed by atoms with Crippen molar-refractivity contribution in [2.45, 2.75) is 205 Å². The molecule has 6 rings (SSSR count). The Bertz CT molecular complexity index is 3630. The van der Waals surface area contributed by atoms with Crippen LogP contribution < -0.4 is 26.6 Å². The number of nitrogens with one attached hydrogen (secondary N) is 5. The highest BCUT2D eigenvalue weighted by Crippen LogP contribution is 2.22. The van der Waals surface area contributed by atoms with Crippen LogP contribution in [-0.4, -0.2) is 128 Å². The fourth-order valence-electron chi connectivity index (χ4n) is 9.29. The fourth-order valence-corrected chi connectivity index (χ4v) is 10.0. The summed E-state index contributed by atoms with van der Waals surface area (Å²) < 4.78 is 66.1. The van der Waals surface area contributed by atoms with E-state index in [1.165, 1.54) is 30.3 Å². The number of ether oxygens (including phenoxy) is 5. The molecule has 5 amide bonds. The van der Waals surface area contributed by atoms with Crippen LogP contribution in [0, 0.1) is 54.0 Å². The van der Waals surface area contributed by atoms with Gasteiger partial charge >= 0.3 is 29.8 Å². The van der Waals surface area contributed by atoms with Gasteiger partial charge in [-0.3, -0.25) is 24.0 Å². The molecule has 588 valence electrons. The van der Waals surface area contributed by atoms with Crippen LogP contribution in [0.3, 0.4) is 0 Å². The van der Waals surface area contributed by atoms with Gasteiger partial charge in [0.05, 0.1) is 80.9 Å². The van der Waals surface area contributed by atoms with E-state index in [1.54, 1.807) is 80.1 Å². The summed E-state index contributed by atoms with van der Waals surface area (Å²) in [6.45, 7) is 32.3. The van der Waals surface area contributed by atoms with Gasteiger partial charge in [0.1, 0.15) is 47.7 Å². The van der Waals surface area contributed by atoms with E-state index in [0.29, 0.717) is 81.8 Å². The van der Waals surface area contributed by atoms with E-state index in [9.17, 15) is 61.1 Å². The number of amides is 5. The van der Waals surface area contributed by atoms with Crippen molar-refractivity contribution in [3.8, 4) is 0 Å². The lowest BCUT2D eigenvalue weighted by Gasteiger charge is -2.17. The first-order chi connectivity index (χ1) is 50.7. The predicted octanol–water partition coefficient (Wildman–Crippen LogP) is 13.0. The minimum atomic E-state index is -0.692. The summed E-state index contributed by atoms with van der Waals surface area (Å²) in [6, 6.07) is 28.0. The summed E-state index contributed by atoms with van der Waals surface area (Å²) in [6.07, 6.45) is 2.90. The molecule has 0 radical (unpaired) electrons. The molecule has 0 aliphatic carbocycles. The van der Waals surface area contributed by atoms with Gasteiger partial charge in [0, 0.05) is 0 Å². The number of aromatic nitrogens is 1. The first-order valence-electron chi connectivity index (χ1n) is 36.6. The maximum absolute atomic E-state index is 13.5. The van der Waals surface area contributed by atoms with Crippen LogP contribution in [0.15, 0.2) is 121 Å². The van der Waals surface area contributed by atoms with Crippen LogP contribution in [0.1, 0.15) is 169 Å². The summed E-state index contributed by atoms with van der Waals surface area (Å²) in [7, 11) is 0. The molecule has 5 N–H and O–H groups in total. The maximum Gasteiger partial charge on any atom is 0.328 e. The van der Waals surface area contributed by atoms with Crippen LogP contribution in [-0.2, 0) is 104 Å². The molecule has 0 bridgehead atoms. The lowest BCUT2D eigenvalue weighted by Crippen LogP contribution is -2.42. The largest absolute Gasteiger partial charge is 0.464 e. The SMILES string of the molecule is CCC(NC(=O)Cc1ccc(F)cc1)C(=O)OCC(C)C.CCC(NC(=O)Cc1cccc(F)c1)C(=O)OCC(C)C.CCC(NC(=O)Cc1cccc2scnc12)C(=O)OCC(C)C.CCC(NC(=O)Cc1ccccc1C)C(=O)OCC(C)C.CCC(NC(=O)Cc1ccccc1F)C(=O)OCC(C)C. The molecule has 5 unspecified atom stereocenters. The van der Waals surface area contributed by atoms with Gasteiger partial charge in [0.2, 0.25) is 29.5 Å². The number of esters is 5. The highest BCUT2D eigenvalue weighted by Gasteiger charge is 2.26. The van der Waals surface area contributed by atoms with E-state index in [4.69, 9.17) is 23.7 Å². The average molecular weight is 1510 g/mol. The lowest BCUT2D eigenvalue weighted by molar-refractivity contribution is -0.149. The van der Waals surface area contributed by atoms with Gasteiger partial charge in [0.15, 0.2) is 0 Å². The van der Waals surface area contributed by atoms with E-state index in [-0.39, 0.29) is 109 Å². The first kappa shape index (κ1) is 93.6. The molecule has 1 heterocycles. The second-order valence-corrected chi connectivity index (χ2v) is 28.4. The van der Waals surface area contributed by atoms with E-state index in [2.05, 4.69) is 31.6 Å². The number of para-hydroxylation sites is 1. The molecule has 5 atom stereocenters. The molecule has 0 saturated carbocycles. The third kappa shape index (κ3) is 39.6. The van der Waals surface area contributed by atoms with Crippen LogP contribution in [0.5, 0.6) is 0 Å². The van der Waals surface area contributed by atoms with Crippen molar-refractivity contribution in [2.75, 3.05) is 33.0 Å². The number of thiazole rings is 1. The quantitative estimate of drug-likeness (QED) is 0.0182. The van der Waals surface area contributed by atoms with Gasteiger partial charge in [-0.05, 0) is 138 Å². The number of fused-ring (bicyclic) bond motifs is 1. The molecule has 0 fully saturated rings. The van der Waals surface area contributed by atoms with Gasteiger partial charge in [0.25, 0.3) is 0 Å². The fraction of sp³-hybridized carbons (Fsp3) is 0.500. The third-order valence-electron chi connectivity index (χ3n) is 15.2.